The molecule has 1 aliphatic heterocycles. The first-order chi connectivity index (χ1) is 9.61. The Morgan fingerprint density at radius 3 is 2.45 bits per heavy atom. The fourth-order valence-electron chi connectivity index (χ4n) is 2.53. The summed E-state index contributed by atoms with van der Waals surface area (Å²) in [5, 5.41) is 0.771. The number of alkyl halides is 1. The lowest BCUT2D eigenvalue weighted by Crippen LogP contribution is -2.48. The second-order valence-electron chi connectivity index (χ2n) is 5.50. The number of rotatable bonds is 5. The van der Waals surface area contributed by atoms with Gasteiger partial charge in [-0.1, -0.05) is 17.7 Å². The molecule has 0 amide bonds. The highest BCUT2D eigenvalue weighted by molar-refractivity contribution is 6.32. The predicted octanol–water partition coefficient (Wildman–Crippen LogP) is 2.76. The van der Waals surface area contributed by atoms with Crippen LogP contribution in [0.15, 0.2) is 18.2 Å². The van der Waals surface area contributed by atoms with Crippen molar-refractivity contribution in [3.05, 3.63) is 28.8 Å². The second kappa shape index (κ2) is 7.51. The van der Waals surface area contributed by atoms with Gasteiger partial charge in [0.25, 0.3) is 0 Å². The van der Waals surface area contributed by atoms with E-state index in [2.05, 4.69) is 34.9 Å². The van der Waals surface area contributed by atoms with E-state index < -0.39 is 0 Å². The van der Waals surface area contributed by atoms with E-state index in [1.54, 1.807) is 0 Å². The smallest absolute Gasteiger partial charge is 0.0509 e. The largest absolute Gasteiger partial charge is 0.369 e. The average molecular weight is 316 g/mol. The summed E-state index contributed by atoms with van der Waals surface area (Å²) in [6, 6.07) is 6.04. The molecule has 2 rings (SSSR count). The van der Waals surface area contributed by atoms with Crippen LogP contribution in [0.1, 0.15) is 5.56 Å². The van der Waals surface area contributed by atoms with E-state index in [-0.39, 0.29) is 0 Å². The van der Waals surface area contributed by atoms with Gasteiger partial charge < -0.3 is 9.80 Å². The van der Waals surface area contributed by atoms with Gasteiger partial charge in [0.05, 0.1) is 5.88 Å². The van der Waals surface area contributed by atoms with Gasteiger partial charge >= 0.3 is 0 Å². The Bertz CT molecular complexity index is 429. The summed E-state index contributed by atoms with van der Waals surface area (Å²) in [6.07, 6.45) is 0. The molecule has 0 aliphatic carbocycles. The molecule has 0 radical (unpaired) electrons. The molecular weight excluding hydrogens is 293 g/mol. The Morgan fingerprint density at radius 1 is 1.15 bits per heavy atom. The van der Waals surface area contributed by atoms with E-state index in [1.807, 2.05) is 12.1 Å². The van der Waals surface area contributed by atoms with Gasteiger partial charge in [0, 0.05) is 55.5 Å². The molecule has 5 heteroatoms. The van der Waals surface area contributed by atoms with Crippen LogP contribution >= 0.6 is 23.2 Å². The summed E-state index contributed by atoms with van der Waals surface area (Å²) < 4.78 is 0. The van der Waals surface area contributed by atoms with E-state index in [1.165, 1.54) is 5.69 Å². The molecule has 0 spiro atoms. The lowest BCUT2D eigenvalue weighted by Gasteiger charge is -2.37. The minimum absolute atomic E-state index is 0.468. The molecule has 1 aromatic carbocycles. The van der Waals surface area contributed by atoms with Gasteiger partial charge in [-0.2, -0.15) is 0 Å². The third-order valence-corrected chi connectivity index (χ3v) is 4.43. The average Bonchev–Trinajstić information content (AvgIpc) is 2.45. The molecule has 1 saturated heterocycles. The van der Waals surface area contributed by atoms with Gasteiger partial charge in [0.15, 0.2) is 0 Å². The topological polar surface area (TPSA) is 9.72 Å². The maximum Gasteiger partial charge on any atom is 0.0509 e. The van der Waals surface area contributed by atoms with Crippen LogP contribution in [0.4, 0.5) is 5.69 Å². The molecule has 0 saturated carbocycles. The van der Waals surface area contributed by atoms with Crippen molar-refractivity contribution >= 4 is 28.9 Å². The number of hydrogen-bond donors (Lipinski definition) is 0. The van der Waals surface area contributed by atoms with E-state index in [0.29, 0.717) is 5.88 Å². The van der Waals surface area contributed by atoms with Crippen LogP contribution in [0.3, 0.4) is 0 Å². The first kappa shape index (κ1) is 15.9. The number of piperazine rings is 1. The highest BCUT2D eigenvalue weighted by Gasteiger charge is 2.19. The minimum Gasteiger partial charge on any atom is -0.369 e. The zero-order chi connectivity index (χ0) is 14.5. The van der Waals surface area contributed by atoms with Crippen LogP contribution in [0, 0.1) is 0 Å². The third-order valence-electron chi connectivity index (χ3n) is 3.80. The Kier molecular flexibility index (Phi) is 5.97. The summed E-state index contributed by atoms with van der Waals surface area (Å²) in [6.45, 7) is 6.53. The molecule has 3 nitrogen and oxygen atoms in total. The van der Waals surface area contributed by atoms with Crippen molar-refractivity contribution in [3.8, 4) is 0 Å². The number of benzene rings is 1. The molecule has 0 N–H and O–H groups in total. The number of halogens is 2. The first-order valence-corrected chi connectivity index (χ1v) is 7.98. The summed E-state index contributed by atoms with van der Waals surface area (Å²) >= 11 is 12.3. The monoisotopic (exact) mass is 315 g/mol. The fraction of sp³-hybridized carbons (Fsp3) is 0.600. The van der Waals surface area contributed by atoms with Crippen molar-refractivity contribution in [2.24, 2.45) is 0 Å². The van der Waals surface area contributed by atoms with E-state index in [4.69, 9.17) is 23.2 Å². The van der Waals surface area contributed by atoms with E-state index in [0.717, 1.165) is 49.9 Å². The third kappa shape index (κ3) is 4.01. The molecule has 1 aromatic rings. The van der Waals surface area contributed by atoms with Gasteiger partial charge in [-0.05, 0) is 26.2 Å². The molecule has 20 heavy (non-hydrogen) atoms. The summed E-state index contributed by atoms with van der Waals surface area (Å²) in [7, 11) is 4.24. The Hall–Kier alpha value is -0.480. The maximum atomic E-state index is 6.23. The maximum absolute atomic E-state index is 6.23. The van der Waals surface area contributed by atoms with Crippen LogP contribution < -0.4 is 4.90 Å². The summed E-state index contributed by atoms with van der Waals surface area (Å²) in [4.78, 5) is 7.14. The van der Waals surface area contributed by atoms with Crippen LogP contribution in [-0.2, 0) is 5.88 Å². The predicted molar refractivity (Wildman–Crippen MR) is 88.2 cm³/mol. The van der Waals surface area contributed by atoms with Crippen molar-refractivity contribution in [1.29, 1.82) is 0 Å². The number of likely N-dealkylation sites (N-methyl/N-ethyl adjacent to an activating group) is 1. The van der Waals surface area contributed by atoms with E-state index >= 15 is 0 Å². The van der Waals surface area contributed by atoms with Crippen LogP contribution in [-0.4, -0.2) is 63.2 Å². The zero-order valence-electron chi connectivity index (χ0n) is 12.3. The Balaban J connectivity index is 1.95. The molecule has 0 aromatic heterocycles. The minimum atomic E-state index is 0.468. The lowest BCUT2D eigenvalue weighted by molar-refractivity contribution is 0.229. The number of hydrogen-bond acceptors (Lipinski definition) is 3. The highest BCUT2D eigenvalue weighted by Crippen LogP contribution is 2.29. The quantitative estimate of drug-likeness (QED) is 0.774. The molecule has 0 atom stereocenters. The lowest BCUT2D eigenvalue weighted by atomic mass is 10.1. The normalized spacial score (nSPS) is 16.9. The fourth-order valence-corrected chi connectivity index (χ4v) is 3.12. The molecule has 0 unspecified atom stereocenters. The highest BCUT2D eigenvalue weighted by atomic mass is 35.5. The van der Waals surface area contributed by atoms with Crippen LogP contribution in [0.25, 0.3) is 0 Å². The van der Waals surface area contributed by atoms with Crippen LogP contribution in [0.5, 0.6) is 0 Å². The molecular formula is C15H23Cl2N3. The number of anilines is 1. The van der Waals surface area contributed by atoms with Crippen molar-refractivity contribution in [3.63, 3.8) is 0 Å². The van der Waals surface area contributed by atoms with E-state index in [9.17, 15) is 0 Å². The van der Waals surface area contributed by atoms with Gasteiger partial charge in [-0.3, -0.25) is 4.90 Å². The van der Waals surface area contributed by atoms with Crippen molar-refractivity contribution in [1.82, 2.24) is 9.80 Å². The van der Waals surface area contributed by atoms with Gasteiger partial charge in [-0.25, -0.2) is 0 Å². The summed E-state index contributed by atoms with van der Waals surface area (Å²) in [5.74, 6) is 0.468. The zero-order valence-corrected chi connectivity index (χ0v) is 13.8. The second-order valence-corrected chi connectivity index (χ2v) is 6.18. The molecule has 112 valence electrons. The molecule has 1 aliphatic rings. The van der Waals surface area contributed by atoms with Crippen molar-refractivity contribution in [2.75, 3.05) is 58.3 Å². The van der Waals surface area contributed by atoms with Gasteiger partial charge in [0.1, 0.15) is 0 Å². The number of nitrogens with zero attached hydrogens (tertiary/aromatic N) is 3. The Morgan fingerprint density at radius 2 is 1.85 bits per heavy atom. The standard InChI is InChI=1S/C15H23Cl2N3/c1-18(2)6-7-19-8-10-20(11-9-19)15-5-3-4-14(17)13(15)12-16/h3-5H,6-12H2,1-2H3. The Labute approximate surface area is 132 Å². The van der Waals surface area contributed by atoms with Gasteiger partial charge in [-0.15, -0.1) is 11.6 Å². The SMILES string of the molecule is CN(C)CCN1CCN(c2cccc(Cl)c2CCl)CC1. The molecule has 1 heterocycles. The van der Waals surface area contributed by atoms with Crippen molar-refractivity contribution < 1.29 is 0 Å². The first-order valence-electron chi connectivity index (χ1n) is 7.07. The van der Waals surface area contributed by atoms with Crippen LogP contribution in [0.2, 0.25) is 5.02 Å². The van der Waals surface area contributed by atoms with Gasteiger partial charge in [0.2, 0.25) is 0 Å². The molecule has 1 fully saturated rings. The van der Waals surface area contributed by atoms with Crippen molar-refractivity contribution in [2.45, 2.75) is 5.88 Å². The summed E-state index contributed by atoms with van der Waals surface area (Å²) in [5.41, 5.74) is 2.25. The molecule has 0 bridgehead atoms.